The highest BCUT2D eigenvalue weighted by atomic mass is 16.6. The lowest BCUT2D eigenvalue weighted by molar-refractivity contribution is -0.181. The van der Waals surface area contributed by atoms with Gasteiger partial charge in [-0.2, -0.15) is 0 Å². The summed E-state index contributed by atoms with van der Waals surface area (Å²) in [7, 11) is 0. The van der Waals surface area contributed by atoms with Crippen LogP contribution in [0.25, 0.3) is 22.8 Å². The number of aliphatic hydroxyl groups is 1. The number of aromatic nitrogens is 2. The first-order valence-corrected chi connectivity index (χ1v) is 20.6. The van der Waals surface area contributed by atoms with Gasteiger partial charge in [0.2, 0.25) is 11.9 Å². The average molecular weight is 787 g/mol. The SMILES string of the molecule is CC(C)=CCCC1(C)C=Cc2c(O)c3c(c(CC=C(C)C)c2O1)OC12C4=C3Nc3nc5ccccc5n3C4C3CC1C(C)(C)OC2(C/C=C(/C)C(=O)NCCO)C3=O. The lowest BCUT2D eigenvalue weighted by Gasteiger charge is -2.62. The second-order valence-corrected chi connectivity index (χ2v) is 18.2. The first-order valence-electron chi connectivity index (χ1n) is 20.6. The van der Waals surface area contributed by atoms with Crippen molar-refractivity contribution in [3.63, 3.8) is 0 Å². The van der Waals surface area contributed by atoms with E-state index in [-0.39, 0.29) is 42.9 Å². The predicted molar refractivity (Wildman–Crippen MR) is 224 cm³/mol. The highest BCUT2D eigenvalue weighted by molar-refractivity contribution is 6.04. The predicted octanol–water partition coefficient (Wildman–Crippen LogP) is 7.88. The molecule has 1 saturated heterocycles. The number of amides is 1. The fourth-order valence-electron chi connectivity index (χ4n) is 10.8. The van der Waals surface area contributed by atoms with Crippen LogP contribution in [0.1, 0.15) is 104 Å². The minimum Gasteiger partial charge on any atom is -0.506 e. The Morgan fingerprint density at radius 3 is 2.55 bits per heavy atom. The van der Waals surface area contributed by atoms with Crippen molar-refractivity contribution >= 4 is 40.4 Å². The number of benzene rings is 2. The third-order valence-electron chi connectivity index (χ3n) is 13.4. The van der Waals surface area contributed by atoms with Crippen molar-refractivity contribution in [2.45, 2.75) is 116 Å². The Hall–Kier alpha value is -5.13. The van der Waals surface area contributed by atoms with Gasteiger partial charge in [-0.25, -0.2) is 4.98 Å². The number of aromatic hydroxyl groups is 1. The number of ketones is 1. The molecule has 4 N–H and O–H groups in total. The molecule has 1 amide bonds. The molecule has 1 spiro atoms. The second kappa shape index (κ2) is 13.2. The van der Waals surface area contributed by atoms with Gasteiger partial charge in [-0.05, 0) is 105 Å². The maximum atomic E-state index is 15.6. The molecule has 7 aliphatic rings. The van der Waals surface area contributed by atoms with Crippen LogP contribution >= 0.6 is 0 Å². The van der Waals surface area contributed by atoms with Gasteiger partial charge >= 0.3 is 0 Å². The number of phenols is 1. The third-order valence-corrected chi connectivity index (χ3v) is 13.4. The van der Waals surface area contributed by atoms with E-state index >= 15 is 4.79 Å². The molecule has 5 heterocycles. The molecular formula is C47H54N4O7. The number of allylic oxidation sites excluding steroid dienone is 4. The number of carbonyl (C=O) groups is 2. The van der Waals surface area contributed by atoms with Gasteiger partial charge in [0.15, 0.2) is 17.0 Å². The molecule has 3 saturated carbocycles. The molecule has 11 heteroatoms. The van der Waals surface area contributed by atoms with Crippen LogP contribution in [0.15, 0.2) is 70.9 Å². The van der Waals surface area contributed by atoms with Gasteiger partial charge in [0, 0.05) is 41.5 Å². The number of imidazole rings is 1. The largest absolute Gasteiger partial charge is 0.506 e. The van der Waals surface area contributed by atoms with Crippen LogP contribution in [0.2, 0.25) is 0 Å². The summed E-state index contributed by atoms with van der Waals surface area (Å²) < 4.78 is 24.1. The number of aliphatic hydroxyl groups excluding tert-OH is 1. The van der Waals surface area contributed by atoms with Gasteiger partial charge in [0.25, 0.3) is 0 Å². The Balaban J connectivity index is 1.33. The fraction of sp³-hybridized carbons (Fsp3) is 0.468. The van der Waals surface area contributed by atoms with Crippen LogP contribution in [-0.2, 0) is 20.7 Å². The van der Waals surface area contributed by atoms with E-state index in [4.69, 9.17) is 19.2 Å². The fourth-order valence-corrected chi connectivity index (χ4v) is 10.8. The van der Waals surface area contributed by atoms with Crippen molar-refractivity contribution in [3.8, 4) is 17.2 Å². The Bertz CT molecular complexity index is 2460. The molecule has 11 nitrogen and oxygen atoms in total. The Morgan fingerprint density at radius 2 is 1.81 bits per heavy atom. The first kappa shape index (κ1) is 38.4. The normalized spacial score (nSPS) is 29.1. The van der Waals surface area contributed by atoms with Gasteiger partial charge in [-0.15, -0.1) is 0 Å². The standard InChI is InChI=1S/C47H54N4O7/c1-25(2)12-11-19-45(8)20-18-28-38(53)34-36-35-37(51-32-14-10-9-13-31(32)49-43(51)50-36)30-24-33-44(6,7)58-46(41(30)54,21-17-27(5)42(55)48-22-23-52)47(33,35)57-40(34)29(39(28)56-45)16-15-26(3)4/h9-10,12-15,17-18,20,30,33,37,52-53H,11,16,19,21-24H2,1-8H3,(H,48,55)(H,49,50)/b27-17-. The molecule has 3 aliphatic carbocycles. The van der Waals surface area contributed by atoms with E-state index < -0.39 is 34.4 Å². The molecule has 3 aromatic rings. The number of nitrogens with one attached hydrogen (secondary N) is 2. The minimum atomic E-state index is -1.52. The average Bonchev–Trinajstić information content (AvgIpc) is 3.61. The van der Waals surface area contributed by atoms with Crippen molar-refractivity contribution in [2.24, 2.45) is 11.8 Å². The van der Waals surface area contributed by atoms with Crippen LogP contribution in [-0.4, -0.2) is 67.0 Å². The summed E-state index contributed by atoms with van der Waals surface area (Å²) in [6.45, 7) is 16.1. The van der Waals surface area contributed by atoms with E-state index in [9.17, 15) is 15.0 Å². The van der Waals surface area contributed by atoms with E-state index in [0.29, 0.717) is 52.7 Å². The zero-order chi connectivity index (χ0) is 41.1. The maximum Gasteiger partial charge on any atom is 0.246 e. The second-order valence-electron chi connectivity index (χ2n) is 18.2. The molecule has 304 valence electrons. The summed E-state index contributed by atoms with van der Waals surface area (Å²) in [6.07, 6.45) is 12.8. The van der Waals surface area contributed by atoms with E-state index in [0.717, 1.165) is 40.6 Å². The molecule has 1 aromatic heterocycles. The van der Waals surface area contributed by atoms with E-state index in [2.05, 4.69) is 62.0 Å². The summed E-state index contributed by atoms with van der Waals surface area (Å²) >= 11 is 0. The van der Waals surface area contributed by atoms with Gasteiger partial charge in [0.05, 0.1) is 46.1 Å². The number of rotatable bonds is 10. The van der Waals surface area contributed by atoms with Crippen LogP contribution in [0.5, 0.6) is 17.2 Å². The zero-order valence-corrected chi connectivity index (χ0v) is 34.7. The van der Waals surface area contributed by atoms with Crippen LogP contribution in [0.3, 0.4) is 0 Å². The van der Waals surface area contributed by atoms with Gasteiger partial charge in [-0.3, -0.25) is 9.59 Å². The van der Waals surface area contributed by atoms with Crippen LogP contribution in [0, 0.1) is 11.8 Å². The van der Waals surface area contributed by atoms with Crippen molar-refractivity contribution < 1.29 is 34.0 Å². The van der Waals surface area contributed by atoms with Crippen molar-refractivity contribution in [3.05, 3.63) is 87.6 Å². The Kier molecular flexibility index (Phi) is 8.73. The molecule has 4 bridgehead atoms. The number of fused-ring (bicyclic) bond motifs is 6. The van der Waals surface area contributed by atoms with Crippen molar-refractivity contribution in [2.75, 3.05) is 18.5 Å². The monoisotopic (exact) mass is 786 g/mol. The van der Waals surface area contributed by atoms with E-state index in [1.807, 2.05) is 50.3 Å². The Morgan fingerprint density at radius 1 is 1.05 bits per heavy atom. The highest BCUT2D eigenvalue weighted by Crippen LogP contribution is 2.74. The van der Waals surface area contributed by atoms with Crippen LogP contribution in [0.4, 0.5) is 5.95 Å². The lowest BCUT2D eigenvalue weighted by atomic mass is 9.47. The molecule has 0 radical (unpaired) electrons. The molecular weight excluding hydrogens is 733 g/mol. The number of anilines is 1. The molecule has 4 fully saturated rings. The van der Waals surface area contributed by atoms with Crippen molar-refractivity contribution in [1.82, 2.24) is 14.9 Å². The number of ether oxygens (including phenoxy) is 3. The molecule has 6 atom stereocenters. The molecule has 6 unspecified atom stereocenters. The minimum absolute atomic E-state index is 0.0346. The first-order chi connectivity index (χ1) is 27.6. The molecule has 58 heavy (non-hydrogen) atoms. The quantitative estimate of drug-likeness (QED) is 0.119. The highest BCUT2D eigenvalue weighted by Gasteiger charge is 2.84. The number of phenolic OH excluding ortho intramolecular Hbond substituents is 1. The van der Waals surface area contributed by atoms with Gasteiger partial charge in [-0.1, -0.05) is 41.5 Å². The topological polar surface area (TPSA) is 144 Å². The number of nitrogens with zero attached hydrogens (tertiary/aromatic N) is 2. The summed E-state index contributed by atoms with van der Waals surface area (Å²) in [6, 6.07) is 7.46. The van der Waals surface area contributed by atoms with E-state index in [1.165, 1.54) is 5.57 Å². The maximum absolute atomic E-state index is 15.6. The zero-order valence-electron chi connectivity index (χ0n) is 34.7. The molecule has 10 rings (SSSR count). The molecule has 4 aliphatic heterocycles. The number of para-hydroxylation sites is 2. The summed E-state index contributed by atoms with van der Waals surface area (Å²) in [4.78, 5) is 33.8. The van der Waals surface area contributed by atoms with Crippen molar-refractivity contribution in [1.29, 1.82) is 0 Å². The third kappa shape index (κ3) is 5.27. The van der Waals surface area contributed by atoms with E-state index in [1.54, 1.807) is 13.0 Å². The number of carbonyl (C=O) groups excluding carboxylic acids is 2. The summed E-state index contributed by atoms with van der Waals surface area (Å²) in [5, 5.41) is 28.5. The Labute approximate surface area is 339 Å². The van der Waals surface area contributed by atoms with Gasteiger partial charge < -0.3 is 39.6 Å². The molecule has 2 aromatic carbocycles. The lowest BCUT2D eigenvalue weighted by Crippen LogP contribution is -2.75. The van der Waals surface area contributed by atoms with Crippen LogP contribution < -0.4 is 20.1 Å². The number of hydrogen-bond donors (Lipinski definition) is 4. The number of Topliss-reactive ketones (excluding diaryl/α,β-unsaturated/α-hetero) is 1. The number of hydrogen-bond acceptors (Lipinski definition) is 9. The van der Waals surface area contributed by atoms with Gasteiger partial charge in [0.1, 0.15) is 22.8 Å². The summed E-state index contributed by atoms with van der Waals surface area (Å²) in [5.41, 5.74) is 3.52. The smallest absolute Gasteiger partial charge is 0.246 e. The summed E-state index contributed by atoms with van der Waals surface area (Å²) in [5.74, 6) is 0.450.